The van der Waals surface area contributed by atoms with Gasteiger partial charge < -0.3 is 14.7 Å². The molecule has 1 spiro atoms. The molecule has 1 aliphatic heterocycles. The molecule has 1 aromatic heterocycles. The lowest BCUT2D eigenvalue weighted by Crippen LogP contribution is -2.40. The molecule has 1 saturated heterocycles. The van der Waals surface area contributed by atoms with Gasteiger partial charge in [0.25, 0.3) is 5.91 Å². The molecule has 2 amide bonds. The quantitative estimate of drug-likeness (QED) is 0.902. The lowest BCUT2D eigenvalue weighted by atomic mass is 9.76. The van der Waals surface area contributed by atoms with Gasteiger partial charge in [0, 0.05) is 31.5 Å². The summed E-state index contributed by atoms with van der Waals surface area (Å²) in [6, 6.07) is 0. The van der Waals surface area contributed by atoms with Gasteiger partial charge in [0.05, 0.1) is 5.69 Å². The number of carbonyl (C=O) groups excluding carboxylic acids is 2. The zero-order valence-electron chi connectivity index (χ0n) is 13.4. The summed E-state index contributed by atoms with van der Waals surface area (Å²) in [5.41, 5.74) is 1.17. The van der Waals surface area contributed by atoms with Crippen molar-refractivity contribution in [2.75, 3.05) is 20.1 Å². The Morgan fingerprint density at radius 3 is 2.77 bits per heavy atom. The van der Waals surface area contributed by atoms with Crippen LogP contribution in [0.15, 0.2) is 4.52 Å². The second-order valence-electron chi connectivity index (χ2n) is 6.60. The fourth-order valence-corrected chi connectivity index (χ4v) is 4.23. The van der Waals surface area contributed by atoms with Crippen LogP contribution in [0, 0.1) is 25.2 Å². The summed E-state index contributed by atoms with van der Waals surface area (Å²) >= 11 is 0. The van der Waals surface area contributed by atoms with E-state index in [2.05, 4.69) is 10.5 Å². The fourth-order valence-electron chi connectivity index (χ4n) is 4.23. The second-order valence-corrected chi connectivity index (χ2v) is 6.60. The minimum absolute atomic E-state index is 0.0179. The van der Waals surface area contributed by atoms with Crippen molar-refractivity contribution in [1.29, 1.82) is 0 Å². The number of hydrogen-bond acceptors (Lipinski definition) is 4. The Kier molecular flexibility index (Phi) is 3.70. The Labute approximate surface area is 130 Å². The molecule has 22 heavy (non-hydrogen) atoms. The number of carbonyl (C=O) groups is 2. The molecule has 6 heteroatoms. The van der Waals surface area contributed by atoms with E-state index in [0.717, 1.165) is 25.7 Å². The summed E-state index contributed by atoms with van der Waals surface area (Å²) in [5.74, 6) is 0.692. The normalized spacial score (nSPS) is 27.6. The van der Waals surface area contributed by atoms with Gasteiger partial charge in [-0.25, -0.2) is 0 Å². The van der Waals surface area contributed by atoms with Crippen LogP contribution in [0.25, 0.3) is 0 Å². The Bertz CT molecular complexity index is 590. The van der Waals surface area contributed by atoms with E-state index in [1.54, 1.807) is 20.9 Å². The van der Waals surface area contributed by atoms with Crippen molar-refractivity contribution in [3.63, 3.8) is 0 Å². The molecule has 0 radical (unpaired) electrons. The number of hydrogen-bond donors (Lipinski definition) is 1. The van der Waals surface area contributed by atoms with Crippen molar-refractivity contribution >= 4 is 11.8 Å². The highest BCUT2D eigenvalue weighted by Gasteiger charge is 2.51. The molecule has 120 valence electrons. The maximum atomic E-state index is 12.8. The highest BCUT2D eigenvalue weighted by atomic mass is 16.5. The number of likely N-dealkylation sites (tertiary alicyclic amines) is 1. The summed E-state index contributed by atoms with van der Waals surface area (Å²) in [5, 5.41) is 6.65. The van der Waals surface area contributed by atoms with Crippen LogP contribution < -0.4 is 5.32 Å². The maximum absolute atomic E-state index is 12.8. The molecule has 0 aromatic carbocycles. The highest BCUT2D eigenvalue weighted by molar-refractivity contribution is 5.96. The van der Waals surface area contributed by atoms with Crippen molar-refractivity contribution in [2.24, 2.45) is 11.3 Å². The van der Waals surface area contributed by atoms with Gasteiger partial charge in [-0.1, -0.05) is 11.6 Å². The molecule has 1 saturated carbocycles. The first-order chi connectivity index (χ1) is 10.5. The number of nitrogens with one attached hydrogen (secondary N) is 1. The third kappa shape index (κ3) is 2.21. The lowest BCUT2D eigenvalue weighted by molar-refractivity contribution is -0.127. The third-order valence-electron chi connectivity index (χ3n) is 5.39. The number of aryl methyl sites for hydroxylation is 2. The summed E-state index contributed by atoms with van der Waals surface area (Å²) in [7, 11) is 1.69. The van der Waals surface area contributed by atoms with E-state index in [1.807, 2.05) is 4.90 Å². The van der Waals surface area contributed by atoms with Crippen LogP contribution in [0.5, 0.6) is 0 Å². The number of amides is 2. The van der Waals surface area contributed by atoms with Crippen LogP contribution in [0.2, 0.25) is 0 Å². The molecule has 2 fully saturated rings. The van der Waals surface area contributed by atoms with Crippen LogP contribution in [-0.2, 0) is 4.79 Å². The molecule has 1 aliphatic carbocycles. The van der Waals surface area contributed by atoms with Crippen molar-refractivity contribution in [1.82, 2.24) is 15.4 Å². The van der Waals surface area contributed by atoms with E-state index in [1.165, 1.54) is 0 Å². The standard InChI is InChI=1S/C16H23N3O3/c1-10-13(11(2)22-18-10)15(21)19-8-7-16(9-19)6-4-5-12(16)14(20)17-3/h12H,4-9H2,1-3H3,(H,17,20). The van der Waals surface area contributed by atoms with E-state index >= 15 is 0 Å². The minimum atomic E-state index is -0.0469. The predicted octanol–water partition coefficient (Wildman–Crippen LogP) is 1.67. The van der Waals surface area contributed by atoms with E-state index in [-0.39, 0.29) is 23.1 Å². The molecular weight excluding hydrogens is 282 g/mol. The topological polar surface area (TPSA) is 75.4 Å². The van der Waals surface area contributed by atoms with Gasteiger partial charge in [-0.2, -0.15) is 0 Å². The second kappa shape index (κ2) is 5.41. The van der Waals surface area contributed by atoms with Crippen LogP contribution in [0.3, 0.4) is 0 Å². The molecule has 1 aromatic rings. The van der Waals surface area contributed by atoms with E-state index < -0.39 is 0 Å². The van der Waals surface area contributed by atoms with E-state index in [0.29, 0.717) is 30.1 Å². The van der Waals surface area contributed by atoms with Gasteiger partial charge in [-0.05, 0) is 33.1 Å². The molecule has 2 atom stereocenters. The summed E-state index contributed by atoms with van der Waals surface area (Å²) in [4.78, 5) is 26.8. The minimum Gasteiger partial charge on any atom is -0.361 e. The van der Waals surface area contributed by atoms with Crippen molar-refractivity contribution < 1.29 is 14.1 Å². The highest BCUT2D eigenvalue weighted by Crippen LogP contribution is 2.50. The van der Waals surface area contributed by atoms with Crippen molar-refractivity contribution in [3.05, 3.63) is 17.0 Å². The predicted molar refractivity (Wildman–Crippen MR) is 80.3 cm³/mol. The Morgan fingerprint density at radius 2 is 2.14 bits per heavy atom. The molecule has 2 unspecified atom stereocenters. The SMILES string of the molecule is CNC(=O)C1CCCC12CCN(C(=O)c1c(C)noc1C)C2. The largest absolute Gasteiger partial charge is 0.361 e. The van der Waals surface area contributed by atoms with E-state index in [4.69, 9.17) is 4.52 Å². The van der Waals surface area contributed by atoms with Gasteiger partial charge in [0.1, 0.15) is 11.3 Å². The van der Waals surface area contributed by atoms with Gasteiger partial charge >= 0.3 is 0 Å². The van der Waals surface area contributed by atoms with Crippen LogP contribution in [0.4, 0.5) is 0 Å². The molecular formula is C16H23N3O3. The van der Waals surface area contributed by atoms with Crippen LogP contribution >= 0.6 is 0 Å². The first kappa shape index (κ1) is 15.1. The number of aromatic nitrogens is 1. The average molecular weight is 305 g/mol. The monoisotopic (exact) mass is 305 g/mol. The Balaban J connectivity index is 1.80. The third-order valence-corrected chi connectivity index (χ3v) is 5.39. The Hall–Kier alpha value is -1.85. The zero-order chi connectivity index (χ0) is 15.9. The van der Waals surface area contributed by atoms with Gasteiger partial charge in [-0.3, -0.25) is 9.59 Å². The first-order valence-electron chi connectivity index (χ1n) is 7.92. The average Bonchev–Trinajstić information content (AvgIpc) is 3.19. The van der Waals surface area contributed by atoms with Gasteiger partial charge in [0.2, 0.25) is 5.91 Å². The lowest BCUT2D eigenvalue weighted by Gasteiger charge is -2.30. The maximum Gasteiger partial charge on any atom is 0.259 e. The first-order valence-corrected chi connectivity index (χ1v) is 7.92. The van der Waals surface area contributed by atoms with Crippen LogP contribution in [0.1, 0.15) is 47.5 Å². The zero-order valence-corrected chi connectivity index (χ0v) is 13.4. The summed E-state index contributed by atoms with van der Waals surface area (Å²) in [6.45, 7) is 4.92. The van der Waals surface area contributed by atoms with Gasteiger partial charge in [-0.15, -0.1) is 0 Å². The Morgan fingerprint density at radius 1 is 1.36 bits per heavy atom. The molecule has 3 rings (SSSR count). The van der Waals surface area contributed by atoms with Gasteiger partial charge in [0.15, 0.2) is 0 Å². The van der Waals surface area contributed by atoms with E-state index in [9.17, 15) is 9.59 Å². The summed E-state index contributed by atoms with van der Waals surface area (Å²) in [6.07, 6.45) is 3.91. The molecule has 2 heterocycles. The molecule has 0 bridgehead atoms. The number of nitrogens with zero attached hydrogens (tertiary/aromatic N) is 2. The smallest absolute Gasteiger partial charge is 0.259 e. The molecule has 1 N–H and O–H groups in total. The molecule has 2 aliphatic rings. The van der Waals surface area contributed by atoms with Crippen LogP contribution in [-0.4, -0.2) is 42.0 Å². The fraction of sp³-hybridized carbons (Fsp3) is 0.688. The summed E-state index contributed by atoms with van der Waals surface area (Å²) < 4.78 is 5.11. The van der Waals surface area contributed by atoms with Crippen molar-refractivity contribution in [3.8, 4) is 0 Å². The molecule has 6 nitrogen and oxygen atoms in total. The van der Waals surface area contributed by atoms with Crippen molar-refractivity contribution in [2.45, 2.75) is 39.5 Å². The number of rotatable bonds is 2.